The molecule has 0 atom stereocenters. The summed E-state index contributed by atoms with van der Waals surface area (Å²) in [5.74, 6) is 0.815. The number of benzene rings is 1. The number of methoxy groups -OCH3 is 2. The van der Waals surface area contributed by atoms with Crippen molar-refractivity contribution in [3.8, 4) is 22.2 Å². The molecule has 174 valence electrons. The van der Waals surface area contributed by atoms with E-state index in [0.29, 0.717) is 23.1 Å². The number of carbonyl (C=O) groups is 2. The van der Waals surface area contributed by atoms with Gasteiger partial charge in [-0.15, -0.1) is 11.3 Å². The molecule has 0 spiro atoms. The van der Waals surface area contributed by atoms with Gasteiger partial charge in [-0.1, -0.05) is 11.2 Å². The van der Waals surface area contributed by atoms with Gasteiger partial charge in [0.2, 0.25) is 11.7 Å². The number of hydrogen-bond acceptors (Lipinski definition) is 9. The van der Waals surface area contributed by atoms with E-state index in [0.717, 1.165) is 4.88 Å². The molecule has 2 N–H and O–H groups in total. The smallest absolute Gasteiger partial charge is 0.268 e. The molecule has 0 saturated heterocycles. The minimum absolute atomic E-state index is 0.0288. The molecule has 0 aliphatic carbocycles. The number of amides is 2. The molecule has 11 heteroatoms. The number of aromatic nitrogens is 2. The van der Waals surface area contributed by atoms with Gasteiger partial charge in [0, 0.05) is 11.6 Å². The standard InChI is InChI=1S/C23H20N4O6S/c1-30-17-8-7-14(11-18(17)31-2)22(28)25-16(12-15-5-3-9-32-15)23(29)24-13-20-26-21(27-33-20)19-6-4-10-34-19/h3-12H,13H2,1-2H3,(H,24,29)(H,25,28)/b16-12-. The highest BCUT2D eigenvalue weighted by Crippen LogP contribution is 2.27. The molecule has 0 aliphatic rings. The third-order valence-electron chi connectivity index (χ3n) is 4.58. The van der Waals surface area contributed by atoms with E-state index in [-0.39, 0.29) is 23.7 Å². The van der Waals surface area contributed by atoms with Gasteiger partial charge in [0.25, 0.3) is 11.8 Å². The van der Waals surface area contributed by atoms with Crippen LogP contribution in [0.3, 0.4) is 0 Å². The Hall–Kier alpha value is -4.38. The topological polar surface area (TPSA) is 129 Å². The van der Waals surface area contributed by atoms with Crippen molar-refractivity contribution in [1.29, 1.82) is 0 Å². The minimum atomic E-state index is -0.568. The van der Waals surface area contributed by atoms with Gasteiger partial charge in [0.1, 0.15) is 11.5 Å². The second-order valence-corrected chi connectivity index (χ2v) is 7.72. The van der Waals surface area contributed by atoms with E-state index in [1.807, 2.05) is 17.5 Å². The molecular weight excluding hydrogens is 460 g/mol. The zero-order valence-corrected chi connectivity index (χ0v) is 19.0. The molecule has 10 nitrogen and oxygen atoms in total. The second kappa shape index (κ2) is 10.5. The quantitative estimate of drug-likeness (QED) is 0.348. The maximum Gasteiger partial charge on any atom is 0.268 e. The Morgan fingerprint density at radius 3 is 2.68 bits per heavy atom. The minimum Gasteiger partial charge on any atom is -0.493 e. The van der Waals surface area contributed by atoms with Crippen LogP contribution >= 0.6 is 11.3 Å². The third-order valence-corrected chi connectivity index (χ3v) is 5.44. The van der Waals surface area contributed by atoms with Gasteiger partial charge < -0.3 is 29.0 Å². The maximum atomic E-state index is 12.9. The van der Waals surface area contributed by atoms with Crippen molar-refractivity contribution in [3.63, 3.8) is 0 Å². The first-order valence-electron chi connectivity index (χ1n) is 10.0. The highest BCUT2D eigenvalue weighted by Gasteiger charge is 2.18. The van der Waals surface area contributed by atoms with Crippen molar-refractivity contribution in [2.24, 2.45) is 0 Å². The summed E-state index contributed by atoms with van der Waals surface area (Å²) < 4.78 is 20.9. The predicted molar refractivity (Wildman–Crippen MR) is 123 cm³/mol. The van der Waals surface area contributed by atoms with Crippen molar-refractivity contribution in [3.05, 3.63) is 77.0 Å². The fourth-order valence-corrected chi connectivity index (χ4v) is 3.58. The maximum absolute atomic E-state index is 12.9. The van der Waals surface area contributed by atoms with Crippen LogP contribution in [0.25, 0.3) is 16.8 Å². The Morgan fingerprint density at radius 2 is 1.97 bits per heavy atom. The van der Waals surface area contributed by atoms with Gasteiger partial charge in [0.15, 0.2) is 11.5 Å². The number of nitrogens with one attached hydrogen (secondary N) is 2. The van der Waals surface area contributed by atoms with E-state index >= 15 is 0 Å². The Morgan fingerprint density at radius 1 is 1.12 bits per heavy atom. The summed E-state index contributed by atoms with van der Waals surface area (Å²) >= 11 is 1.47. The lowest BCUT2D eigenvalue weighted by Gasteiger charge is -2.12. The van der Waals surface area contributed by atoms with Crippen molar-refractivity contribution in [1.82, 2.24) is 20.8 Å². The SMILES string of the molecule is COc1ccc(C(=O)N/C(=C\c2ccco2)C(=O)NCc2nc(-c3cccs3)no2)cc1OC. The Bertz CT molecular complexity index is 1290. The molecular formula is C23H20N4O6S. The zero-order chi connectivity index (χ0) is 23.9. The third kappa shape index (κ3) is 5.33. The number of ether oxygens (including phenoxy) is 2. The first-order chi connectivity index (χ1) is 16.6. The van der Waals surface area contributed by atoms with Crippen LogP contribution in [0.15, 0.2) is 68.7 Å². The van der Waals surface area contributed by atoms with E-state index in [1.54, 1.807) is 24.3 Å². The molecule has 0 unspecified atom stereocenters. The van der Waals surface area contributed by atoms with E-state index < -0.39 is 11.8 Å². The average molecular weight is 481 g/mol. The first kappa shape index (κ1) is 22.8. The molecule has 3 heterocycles. The van der Waals surface area contributed by atoms with E-state index in [4.69, 9.17) is 18.4 Å². The summed E-state index contributed by atoms with van der Waals surface area (Å²) in [6, 6.07) is 11.7. The molecule has 0 aliphatic heterocycles. The number of thiophene rings is 1. The number of carbonyl (C=O) groups excluding carboxylic acids is 2. The molecule has 0 bridgehead atoms. The lowest BCUT2D eigenvalue weighted by Crippen LogP contribution is -2.34. The summed E-state index contributed by atoms with van der Waals surface area (Å²) in [6.45, 7) is -0.0288. The number of hydrogen-bond donors (Lipinski definition) is 2. The molecule has 4 rings (SSSR count). The lowest BCUT2D eigenvalue weighted by atomic mass is 10.1. The van der Waals surface area contributed by atoms with Crippen LogP contribution in [0.2, 0.25) is 0 Å². The molecule has 0 radical (unpaired) electrons. The van der Waals surface area contributed by atoms with Gasteiger partial charge in [-0.3, -0.25) is 9.59 Å². The average Bonchev–Trinajstić information content (AvgIpc) is 3.64. The van der Waals surface area contributed by atoms with Crippen LogP contribution in [-0.4, -0.2) is 36.2 Å². The van der Waals surface area contributed by atoms with Gasteiger partial charge in [-0.2, -0.15) is 4.98 Å². The number of furan rings is 1. The lowest BCUT2D eigenvalue weighted by molar-refractivity contribution is -0.118. The summed E-state index contributed by atoms with van der Waals surface area (Å²) in [7, 11) is 2.97. The molecule has 2 amide bonds. The summed E-state index contributed by atoms with van der Waals surface area (Å²) in [5.41, 5.74) is 0.237. The summed E-state index contributed by atoms with van der Waals surface area (Å²) in [4.78, 5) is 30.9. The van der Waals surface area contributed by atoms with Crippen LogP contribution < -0.4 is 20.1 Å². The van der Waals surface area contributed by atoms with Crippen LogP contribution in [0.1, 0.15) is 22.0 Å². The summed E-state index contributed by atoms with van der Waals surface area (Å²) in [6.07, 6.45) is 2.88. The van der Waals surface area contributed by atoms with Crippen LogP contribution in [0.5, 0.6) is 11.5 Å². The summed E-state index contributed by atoms with van der Waals surface area (Å²) in [5, 5.41) is 11.1. The normalized spacial score (nSPS) is 11.2. The van der Waals surface area contributed by atoms with Crippen molar-refractivity contribution < 1.29 is 28.0 Å². The van der Waals surface area contributed by atoms with Gasteiger partial charge in [0.05, 0.1) is 31.9 Å². The predicted octanol–water partition coefficient (Wildman–Crippen LogP) is 3.50. The number of rotatable bonds is 9. The number of nitrogens with zero attached hydrogens (tertiary/aromatic N) is 2. The van der Waals surface area contributed by atoms with Gasteiger partial charge in [-0.05, 0) is 41.8 Å². The molecule has 34 heavy (non-hydrogen) atoms. The fourth-order valence-electron chi connectivity index (χ4n) is 2.93. The van der Waals surface area contributed by atoms with Crippen molar-refractivity contribution in [2.45, 2.75) is 6.54 Å². The zero-order valence-electron chi connectivity index (χ0n) is 18.2. The van der Waals surface area contributed by atoms with E-state index in [1.165, 1.54) is 44.0 Å². The first-order valence-corrected chi connectivity index (χ1v) is 10.9. The van der Waals surface area contributed by atoms with Crippen LogP contribution in [0.4, 0.5) is 0 Å². The van der Waals surface area contributed by atoms with Crippen LogP contribution in [-0.2, 0) is 11.3 Å². The molecule has 0 saturated carbocycles. The Kier molecular flexibility index (Phi) is 7.04. The molecule has 1 aromatic carbocycles. The Labute approximate surface area is 198 Å². The molecule has 3 aromatic heterocycles. The van der Waals surface area contributed by atoms with Crippen molar-refractivity contribution >= 4 is 29.2 Å². The van der Waals surface area contributed by atoms with Crippen LogP contribution in [0, 0.1) is 0 Å². The largest absolute Gasteiger partial charge is 0.493 e. The van der Waals surface area contributed by atoms with Gasteiger partial charge in [-0.25, -0.2) is 0 Å². The van der Waals surface area contributed by atoms with E-state index in [9.17, 15) is 9.59 Å². The van der Waals surface area contributed by atoms with Gasteiger partial charge >= 0.3 is 0 Å². The molecule has 0 fully saturated rings. The van der Waals surface area contributed by atoms with E-state index in [2.05, 4.69) is 20.8 Å². The highest BCUT2D eigenvalue weighted by molar-refractivity contribution is 7.13. The fraction of sp³-hybridized carbons (Fsp3) is 0.130. The molecule has 4 aromatic rings. The highest BCUT2D eigenvalue weighted by atomic mass is 32.1. The Balaban J connectivity index is 1.49. The second-order valence-electron chi connectivity index (χ2n) is 6.77. The van der Waals surface area contributed by atoms with Crippen molar-refractivity contribution in [2.75, 3.05) is 14.2 Å². The monoisotopic (exact) mass is 480 g/mol.